The van der Waals surface area contributed by atoms with Crippen LogP contribution in [0.2, 0.25) is 0 Å². The van der Waals surface area contributed by atoms with E-state index < -0.39 is 0 Å². The van der Waals surface area contributed by atoms with Crippen LogP contribution in [0.3, 0.4) is 0 Å². The summed E-state index contributed by atoms with van der Waals surface area (Å²) in [6, 6.07) is 12.5. The van der Waals surface area contributed by atoms with Crippen molar-refractivity contribution in [1.82, 2.24) is 0 Å². The number of benzene rings is 2. The summed E-state index contributed by atoms with van der Waals surface area (Å²) in [6.45, 7) is 3.73. The van der Waals surface area contributed by atoms with Gasteiger partial charge in [-0.3, -0.25) is 4.79 Å². The number of carbonyl (C=O) groups is 1. The van der Waals surface area contributed by atoms with Crippen LogP contribution in [0.1, 0.15) is 18.1 Å². The van der Waals surface area contributed by atoms with E-state index in [9.17, 15) is 4.79 Å². The largest absolute Gasteiger partial charge is 0.300 e. The zero-order chi connectivity index (χ0) is 10.8. The zero-order valence-electron chi connectivity index (χ0n) is 9.08. The first-order valence-electron chi connectivity index (χ1n) is 5.14. The Labute approximate surface area is 89.7 Å². The van der Waals surface area contributed by atoms with E-state index in [-0.39, 0.29) is 5.78 Å². The van der Waals surface area contributed by atoms with Crippen molar-refractivity contribution >= 4 is 16.6 Å². The maximum Gasteiger partial charge on any atom is 0.134 e. The molecule has 0 saturated heterocycles. The molecule has 0 bridgehead atoms. The minimum Gasteiger partial charge on any atom is -0.300 e. The van der Waals surface area contributed by atoms with Gasteiger partial charge in [0.1, 0.15) is 5.78 Å². The maximum absolute atomic E-state index is 11.0. The molecule has 0 fully saturated rings. The van der Waals surface area contributed by atoms with Gasteiger partial charge in [0.15, 0.2) is 0 Å². The van der Waals surface area contributed by atoms with Crippen LogP contribution in [-0.4, -0.2) is 5.78 Å². The third-order valence-electron chi connectivity index (χ3n) is 2.62. The topological polar surface area (TPSA) is 17.1 Å². The summed E-state index contributed by atoms with van der Waals surface area (Å²) >= 11 is 0. The fourth-order valence-electron chi connectivity index (χ4n) is 1.89. The van der Waals surface area contributed by atoms with E-state index in [4.69, 9.17) is 0 Å². The van der Waals surface area contributed by atoms with Crippen molar-refractivity contribution < 1.29 is 4.79 Å². The fourth-order valence-corrected chi connectivity index (χ4v) is 1.89. The van der Waals surface area contributed by atoms with E-state index in [1.807, 2.05) is 6.07 Å². The molecular formula is C14H14O. The van der Waals surface area contributed by atoms with Crippen molar-refractivity contribution in [3.05, 3.63) is 47.5 Å². The average Bonchev–Trinajstić information content (AvgIpc) is 2.17. The number of ketones is 1. The van der Waals surface area contributed by atoms with E-state index in [1.54, 1.807) is 6.92 Å². The summed E-state index contributed by atoms with van der Waals surface area (Å²) in [5, 5.41) is 2.48. The van der Waals surface area contributed by atoms with Crippen LogP contribution in [0.4, 0.5) is 0 Å². The van der Waals surface area contributed by atoms with Gasteiger partial charge in [-0.2, -0.15) is 0 Å². The molecule has 1 nitrogen and oxygen atoms in total. The standard InChI is InChI=1S/C14H14O/c1-10-4-3-5-13-9-12(8-11(2)15)6-7-14(10)13/h3-7,9H,8H2,1-2H3. The molecule has 0 aliphatic carbocycles. The summed E-state index contributed by atoms with van der Waals surface area (Å²) in [5.74, 6) is 0.210. The molecule has 0 saturated carbocycles. The number of rotatable bonds is 2. The Hall–Kier alpha value is -1.63. The lowest BCUT2D eigenvalue weighted by atomic mass is 10.0. The summed E-state index contributed by atoms with van der Waals surface area (Å²) in [4.78, 5) is 11.0. The van der Waals surface area contributed by atoms with E-state index in [0.717, 1.165) is 5.56 Å². The molecule has 2 rings (SSSR count). The van der Waals surface area contributed by atoms with Gasteiger partial charge in [0, 0.05) is 6.42 Å². The Bertz CT molecular complexity index is 512. The van der Waals surface area contributed by atoms with Gasteiger partial charge >= 0.3 is 0 Å². The second-order valence-corrected chi connectivity index (χ2v) is 4.01. The lowest BCUT2D eigenvalue weighted by molar-refractivity contribution is -0.116. The predicted molar refractivity (Wildman–Crippen MR) is 63.1 cm³/mol. The van der Waals surface area contributed by atoms with Crippen molar-refractivity contribution in [3.63, 3.8) is 0 Å². The zero-order valence-corrected chi connectivity index (χ0v) is 9.08. The molecule has 0 unspecified atom stereocenters. The molecule has 0 spiro atoms. The van der Waals surface area contributed by atoms with E-state index in [0.29, 0.717) is 6.42 Å². The van der Waals surface area contributed by atoms with Gasteiger partial charge in [-0.1, -0.05) is 36.4 Å². The van der Waals surface area contributed by atoms with Crippen LogP contribution in [0.15, 0.2) is 36.4 Å². The van der Waals surface area contributed by atoms with Crippen LogP contribution in [0.25, 0.3) is 10.8 Å². The lowest BCUT2D eigenvalue weighted by Crippen LogP contribution is -1.95. The van der Waals surface area contributed by atoms with Crippen molar-refractivity contribution in [1.29, 1.82) is 0 Å². The van der Waals surface area contributed by atoms with Crippen molar-refractivity contribution in [3.8, 4) is 0 Å². The Morgan fingerprint density at radius 1 is 1.20 bits per heavy atom. The van der Waals surface area contributed by atoms with Gasteiger partial charge in [0.25, 0.3) is 0 Å². The van der Waals surface area contributed by atoms with Gasteiger partial charge in [-0.25, -0.2) is 0 Å². The molecule has 0 aromatic heterocycles. The first-order chi connectivity index (χ1) is 7.16. The molecule has 0 N–H and O–H groups in total. The number of fused-ring (bicyclic) bond motifs is 1. The van der Waals surface area contributed by atoms with E-state index in [1.165, 1.54) is 16.3 Å². The second-order valence-electron chi connectivity index (χ2n) is 4.01. The fraction of sp³-hybridized carbons (Fsp3) is 0.214. The highest BCUT2D eigenvalue weighted by Gasteiger charge is 2.00. The first kappa shape index (κ1) is 9.91. The van der Waals surface area contributed by atoms with Gasteiger partial charge in [-0.05, 0) is 35.7 Å². The SMILES string of the molecule is CC(=O)Cc1ccc2c(C)cccc2c1. The molecule has 0 radical (unpaired) electrons. The second kappa shape index (κ2) is 3.85. The Morgan fingerprint density at radius 2 is 2.00 bits per heavy atom. The normalized spacial score (nSPS) is 10.5. The van der Waals surface area contributed by atoms with E-state index in [2.05, 4.69) is 37.3 Å². The van der Waals surface area contributed by atoms with Crippen LogP contribution in [-0.2, 0) is 11.2 Å². The molecule has 2 aromatic rings. The minimum absolute atomic E-state index is 0.210. The highest BCUT2D eigenvalue weighted by atomic mass is 16.1. The van der Waals surface area contributed by atoms with Crippen molar-refractivity contribution in [2.45, 2.75) is 20.3 Å². The third kappa shape index (κ3) is 2.07. The van der Waals surface area contributed by atoms with Crippen LogP contribution in [0.5, 0.6) is 0 Å². The molecule has 0 aliphatic heterocycles. The number of carbonyl (C=O) groups excluding carboxylic acids is 1. The molecule has 15 heavy (non-hydrogen) atoms. The molecule has 0 heterocycles. The lowest BCUT2D eigenvalue weighted by Gasteiger charge is -2.04. The molecule has 0 aliphatic rings. The monoisotopic (exact) mass is 198 g/mol. The van der Waals surface area contributed by atoms with Crippen LogP contribution >= 0.6 is 0 Å². The van der Waals surface area contributed by atoms with Crippen LogP contribution in [0, 0.1) is 6.92 Å². The Kier molecular flexibility index (Phi) is 2.55. The number of hydrogen-bond donors (Lipinski definition) is 0. The third-order valence-corrected chi connectivity index (χ3v) is 2.62. The van der Waals surface area contributed by atoms with Gasteiger partial charge in [0.05, 0.1) is 0 Å². The molecule has 0 amide bonds. The summed E-state index contributed by atoms with van der Waals surface area (Å²) < 4.78 is 0. The van der Waals surface area contributed by atoms with Gasteiger partial charge < -0.3 is 0 Å². The maximum atomic E-state index is 11.0. The molecule has 0 atom stereocenters. The van der Waals surface area contributed by atoms with Crippen LogP contribution < -0.4 is 0 Å². The predicted octanol–water partition coefficient (Wildman–Crippen LogP) is 3.28. The molecule has 1 heteroatoms. The summed E-state index contributed by atoms with van der Waals surface area (Å²) in [7, 11) is 0. The smallest absolute Gasteiger partial charge is 0.134 e. The van der Waals surface area contributed by atoms with E-state index >= 15 is 0 Å². The highest BCUT2D eigenvalue weighted by molar-refractivity contribution is 5.87. The van der Waals surface area contributed by atoms with Gasteiger partial charge in [0.2, 0.25) is 0 Å². The first-order valence-corrected chi connectivity index (χ1v) is 5.14. The number of hydrogen-bond acceptors (Lipinski definition) is 1. The summed E-state index contributed by atoms with van der Waals surface area (Å²) in [6.07, 6.45) is 0.532. The molecule has 2 aromatic carbocycles. The average molecular weight is 198 g/mol. The summed E-state index contributed by atoms with van der Waals surface area (Å²) in [5.41, 5.74) is 2.38. The van der Waals surface area contributed by atoms with Crippen molar-refractivity contribution in [2.24, 2.45) is 0 Å². The highest BCUT2D eigenvalue weighted by Crippen LogP contribution is 2.19. The number of aryl methyl sites for hydroxylation is 1. The Morgan fingerprint density at radius 3 is 2.73 bits per heavy atom. The molecule has 76 valence electrons. The number of Topliss-reactive ketones (excluding diaryl/α,β-unsaturated/α-hetero) is 1. The van der Waals surface area contributed by atoms with Gasteiger partial charge in [-0.15, -0.1) is 0 Å². The Balaban J connectivity index is 2.52. The van der Waals surface area contributed by atoms with Crippen molar-refractivity contribution in [2.75, 3.05) is 0 Å². The molecular weight excluding hydrogens is 184 g/mol. The minimum atomic E-state index is 0.210. The quantitative estimate of drug-likeness (QED) is 0.723.